The molecule has 0 aromatic heterocycles. The van der Waals surface area contributed by atoms with E-state index in [1.54, 1.807) is 6.92 Å². The molecular formula is C13H21NO2S. The van der Waals surface area contributed by atoms with Gasteiger partial charge in [-0.3, -0.25) is 0 Å². The maximum absolute atomic E-state index is 11.5. The third-order valence-corrected chi connectivity index (χ3v) is 4.63. The first-order valence-electron chi connectivity index (χ1n) is 5.88. The van der Waals surface area contributed by atoms with Crippen LogP contribution < -0.4 is 5.32 Å². The summed E-state index contributed by atoms with van der Waals surface area (Å²) in [6.07, 6.45) is 0. The van der Waals surface area contributed by atoms with Crippen molar-refractivity contribution in [2.75, 3.05) is 16.8 Å². The number of benzene rings is 1. The maximum Gasteiger partial charge on any atom is 0.152 e. The third kappa shape index (κ3) is 4.38. The second-order valence-electron chi connectivity index (χ2n) is 4.56. The van der Waals surface area contributed by atoms with Crippen LogP contribution in [-0.2, 0) is 9.84 Å². The van der Waals surface area contributed by atoms with Crippen molar-refractivity contribution in [1.82, 2.24) is 0 Å². The van der Waals surface area contributed by atoms with E-state index in [1.807, 2.05) is 39.0 Å². The predicted octanol–water partition coefficient (Wildman–Crippen LogP) is 2.54. The molecular weight excluding hydrogens is 234 g/mol. The number of rotatable bonds is 5. The van der Waals surface area contributed by atoms with Crippen LogP contribution >= 0.6 is 0 Å². The first-order valence-corrected chi connectivity index (χ1v) is 7.70. The van der Waals surface area contributed by atoms with Crippen LogP contribution in [0.1, 0.15) is 25.0 Å². The van der Waals surface area contributed by atoms with Crippen molar-refractivity contribution >= 4 is 15.5 Å². The number of hydrogen-bond acceptors (Lipinski definition) is 3. The average Bonchev–Trinajstić information content (AvgIpc) is 2.23. The van der Waals surface area contributed by atoms with Crippen molar-refractivity contribution < 1.29 is 8.42 Å². The Bertz CT molecular complexity index is 480. The summed E-state index contributed by atoms with van der Waals surface area (Å²) in [7, 11) is -2.92. The molecule has 0 spiro atoms. The molecule has 0 saturated heterocycles. The Morgan fingerprint density at radius 3 is 2.53 bits per heavy atom. The Morgan fingerprint density at radius 1 is 1.29 bits per heavy atom. The van der Waals surface area contributed by atoms with E-state index in [9.17, 15) is 8.42 Å². The molecule has 0 aliphatic heterocycles. The predicted molar refractivity (Wildman–Crippen MR) is 73.3 cm³/mol. The minimum Gasteiger partial charge on any atom is -0.381 e. The molecule has 0 radical (unpaired) electrons. The van der Waals surface area contributed by atoms with Crippen molar-refractivity contribution in [2.24, 2.45) is 0 Å². The molecule has 0 amide bonds. The number of sulfone groups is 1. The lowest BCUT2D eigenvalue weighted by molar-refractivity contribution is 0.593. The zero-order valence-corrected chi connectivity index (χ0v) is 11.8. The molecule has 1 unspecified atom stereocenters. The topological polar surface area (TPSA) is 46.2 Å². The van der Waals surface area contributed by atoms with E-state index in [0.717, 1.165) is 11.3 Å². The highest BCUT2D eigenvalue weighted by molar-refractivity contribution is 7.91. The summed E-state index contributed by atoms with van der Waals surface area (Å²) in [6, 6.07) is 6.07. The van der Waals surface area contributed by atoms with Gasteiger partial charge in [0.05, 0.1) is 5.75 Å². The van der Waals surface area contributed by atoms with Crippen molar-refractivity contribution in [3.63, 3.8) is 0 Å². The zero-order chi connectivity index (χ0) is 13.1. The van der Waals surface area contributed by atoms with Gasteiger partial charge in [-0.05, 0) is 38.0 Å². The molecule has 1 rings (SSSR count). The van der Waals surface area contributed by atoms with Crippen LogP contribution in [0.25, 0.3) is 0 Å². The fraction of sp³-hybridized carbons (Fsp3) is 0.538. The van der Waals surface area contributed by atoms with Crippen molar-refractivity contribution in [1.29, 1.82) is 0 Å². The molecule has 1 atom stereocenters. The fourth-order valence-corrected chi connectivity index (χ4v) is 2.78. The normalized spacial score (nSPS) is 13.4. The van der Waals surface area contributed by atoms with E-state index in [2.05, 4.69) is 5.32 Å². The maximum atomic E-state index is 11.5. The molecule has 1 aromatic rings. The Hall–Kier alpha value is -1.03. The smallest absolute Gasteiger partial charge is 0.152 e. The summed E-state index contributed by atoms with van der Waals surface area (Å²) in [6.45, 7) is 7.62. The van der Waals surface area contributed by atoms with Crippen LogP contribution in [0, 0.1) is 13.8 Å². The Labute approximate surface area is 104 Å². The van der Waals surface area contributed by atoms with Crippen LogP contribution in [0.3, 0.4) is 0 Å². The summed E-state index contributed by atoms with van der Waals surface area (Å²) in [5.74, 6) is 0.378. The van der Waals surface area contributed by atoms with Crippen LogP contribution in [0.2, 0.25) is 0 Å². The molecule has 0 aliphatic carbocycles. The van der Waals surface area contributed by atoms with E-state index in [1.165, 1.54) is 5.56 Å². The second-order valence-corrected chi connectivity index (χ2v) is 6.96. The van der Waals surface area contributed by atoms with Gasteiger partial charge in [0.15, 0.2) is 9.84 Å². The van der Waals surface area contributed by atoms with Crippen molar-refractivity contribution in [2.45, 2.75) is 33.7 Å². The molecule has 0 bridgehead atoms. The van der Waals surface area contributed by atoms with E-state index in [0.29, 0.717) is 0 Å². The number of nitrogens with one attached hydrogen (secondary N) is 1. The quantitative estimate of drug-likeness (QED) is 0.879. The monoisotopic (exact) mass is 255 g/mol. The Morgan fingerprint density at radius 2 is 1.94 bits per heavy atom. The van der Waals surface area contributed by atoms with E-state index in [4.69, 9.17) is 0 Å². The van der Waals surface area contributed by atoms with Crippen LogP contribution in [-0.4, -0.2) is 26.0 Å². The van der Waals surface area contributed by atoms with Crippen molar-refractivity contribution in [3.05, 3.63) is 29.3 Å². The molecule has 0 fully saturated rings. The van der Waals surface area contributed by atoms with Gasteiger partial charge >= 0.3 is 0 Å². The Balaban J connectivity index is 2.74. The van der Waals surface area contributed by atoms with Gasteiger partial charge in [0.2, 0.25) is 0 Å². The van der Waals surface area contributed by atoms with E-state index >= 15 is 0 Å². The van der Waals surface area contributed by atoms with Gasteiger partial charge < -0.3 is 5.32 Å². The van der Waals surface area contributed by atoms with Crippen LogP contribution in [0.15, 0.2) is 18.2 Å². The van der Waals surface area contributed by atoms with Crippen molar-refractivity contribution in [3.8, 4) is 0 Å². The molecule has 17 heavy (non-hydrogen) atoms. The molecule has 1 aromatic carbocycles. The van der Waals surface area contributed by atoms with Crippen LogP contribution in [0.5, 0.6) is 0 Å². The molecule has 4 heteroatoms. The summed E-state index contributed by atoms with van der Waals surface area (Å²) >= 11 is 0. The highest BCUT2D eigenvalue weighted by Gasteiger charge is 2.14. The fourth-order valence-electron chi connectivity index (χ4n) is 1.70. The number of hydrogen-bond donors (Lipinski definition) is 1. The van der Waals surface area contributed by atoms with E-state index < -0.39 is 9.84 Å². The van der Waals surface area contributed by atoms with Gasteiger partial charge in [-0.1, -0.05) is 19.1 Å². The van der Waals surface area contributed by atoms with Gasteiger partial charge in [-0.25, -0.2) is 8.42 Å². The summed E-state index contributed by atoms with van der Waals surface area (Å²) < 4.78 is 23.0. The summed E-state index contributed by atoms with van der Waals surface area (Å²) in [4.78, 5) is 0. The van der Waals surface area contributed by atoms with Gasteiger partial charge in [-0.15, -0.1) is 0 Å². The average molecular weight is 255 g/mol. The summed E-state index contributed by atoms with van der Waals surface area (Å²) in [5, 5.41) is 3.26. The summed E-state index contributed by atoms with van der Waals surface area (Å²) in [5.41, 5.74) is 3.32. The van der Waals surface area contributed by atoms with Gasteiger partial charge in [0.1, 0.15) is 0 Å². The highest BCUT2D eigenvalue weighted by Crippen LogP contribution is 2.17. The third-order valence-electron chi connectivity index (χ3n) is 2.74. The SMILES string of the molecule is CCS(=O)(=O)CC(C)Nc1cc(C)ccc1C. The molecule has 96 valence electrons. The lowest BCUT2D eigenvalue weighted by atomic mass is 10.1. The molecule has 1 N–H and O–H groups in total. The standard InChI is InChI=1S/C13H21NO2S/c1-5-17(15,16)9-12(4)14-13-8-10(2)6-7-11(13)3/h6-8,12,14H,5,9H2,1-4H3. The number of aryl methyl sites for hydroxylation is 2. The molecule has 0 aliphatic rings. The highest BCUT2D eigenvalue weighted by atomic mass is 32.2. The first kappa shape index (κ1) is 14.0. The van der Waals surface area contributed by atoms with Gasteiger partial charge in [0, 0.05) is 17.5 Å². The van der Waals surface area contributed by atoms with Crippen LogP contribution in [0.4, 0.5) is 5.69 Å². The Kier molecular flexibility index (Phi) is 4.57. The second kappa shape index (κ2) is 5.54. The molecule has 0 saturated carbocycles. The van der Waals surface area contributed by atoms with Gasteiger partial charge in [0.25, 0.3) is 0 Å². The molecule has 3 nitrogen and oxygen atoms in total. The zero-order valence-electron chi connectivity index (χ0n) is 10.9. The van der Waals surface area contributed by atoms with E-state index in [-0.39, 0.29) is 17.5 Å². The minimum atomic E-state index is -2.92. The molecule has 0 heterocycles. The first-order chi connectivity index (χ1) is 7.84. The lowest BCUT2D eigenvalue weighted by Gasteiger charge is -2.17. The lowest BCUT2D eigenvalue weighted by Crippen LogP contribution is -2.27. The minimum absolute atomic E-state index is 0.0690. The largest absolute Gasteiger partial charge is 0.381 e. The number of anilines is 1. The van der Waals surface area contributed by atoms with Gasteiger partial charge in [-0.2, -0.15) is 0 Å².